The van der Waals surface area contributed by atoms with E-state index < -0.39 is 10.1 Å². The van der Waals surface area contributed by atoms with E-state index in [0.717, 1.165) is 31.6 Å². The second-order valence-electron chi connectivity index (χ2n) is 7.63. The van der Waals surface area contributed by atoms with Crippen LogP contribution in [0.2, 0.25) is 0 Å². The van der Waals surface area contributed by atoms with Gasteiger partial charge in [0, 0.05) is 30.8 Å². The van der Waals surface area contributed by atoms with Crippen molar-refractivity contribution in [2.75, 3.05) is 30.4 Å². The molecule has 0 atom stereocenters. The van der Waals surface area contributed by atoms with Gasteiger partial charge < -0.3 is 19.2 Å². The predicted octanol–water partition coefficient (Wildman–Crippen LogP) is 3.52. The van der Waals surface area contributed by atoms with Crippen LogP contribution in [0.5, 0.6) is 5.75 Å². The number of aromatic nitrogens is 2. The molecule has 170 valence electrons. The van der Waals surface area contributed by atoms with E-state index in [4.69, 9.17) is 8.92 Å². The minimum absolute atomic E-state index is 0.0461. The number of nitrogens with one attached hydrogen (secondary N) is 3. The Hall–Kier alpha value is -3.11. The van der Waals surface area contributed by atoms with Gasteiger partial charge in [-0.3, -0.25) is 10.1 Å². The molecule has 1 aliphatic carbocycles. The number of amides is 1. The van der Waals surface area contributed by atoms with E-state index in [-0.39, 0.29) is 22.5 Å². The minimum Gasteiger partial charge on any atom is -0.383 e. The van der Waals surface area contributed by atoms with Crippen molar-refractivity contribution in [1.29, 1.82) is 0 Å². The highest BCUT2D eigenvalue weighted by Gasteiger charge is 2.30. The van der Waals surface area contributed by atoms with Crippen LogP contribution >= 0.6 is 0 Å². The van der Waals surface area contributed by atoms with E-state index in [1.165, 1.54) is 24.3 Å². The highest BCUT2D eigenvalue weighted by atomic mass is 32.2. The minimum atomic E-state index is -4.01. The van der Waals surface area contributed by atoms with Crippen LogP contribution in [-0.2, 0) is 19.6 Å². The number of H-pyrrole nitrogens is 1. The normalized spacial score (nSPS) is 13.8. The second-order valence-corrected chi connectivity index (χ2v) is 9.18. The van der Waals surface area contributed by atoms with Gasteiger partial charge in [0.2, 0.25) is 11.9 Å². The number of imidazole rings is 1. The van der Waals surface area contributed by atoms with Crippen molar-refractivity contribution < 1.29 is 22.1 Å². The maximum Gasteiger partial charge on any atom is 0.339 e. The maximum atomic E-state index is 12.7. The lowest BCUT2D eigenvalue weighted by atomic mass is 10.3. The van der Waals surface area contributed by atoms with Crippen molar-refractivity contribution in [2.24, 2.45) is 5.92 Å². The number of rotatable bonds is 11. The van der Waals surface area contributed by atoms with Crippen LogP contribution in [0.1, 0.15) is 26.2 Å². The number of carbonyl (C=O) groups excluding carboxylic acids is 1. The summed E-state index contributed by atoms with van der Waals surface area (Å²) in [6.07, 6.45) is 2.76. The van der Waals surface area contributed by atoms with Gasteiger partial charge in [-0.1, -0.05) is 6.92 Å². The monoisotopic (exact) mass is 458 g/mol. The summed E-state index contributed by atoms with van der Waals surface area (Å²) >= 11 is 0. The number of aromatic amines is 1. The Balaban J connectivity index is 1.39. The Morgan fingerprint density at radius 1 is 1.16 bits per heavy atom. The average molecular weight is 459 g/mol. The molecule has 0 saturated heterocycles. The summed E-state index contributed by atoms with van der Waals surface area (Å²) in [5.74, 6) is 0.470. The first kappa shape index (κ1) is 22.1. The Morgan fingerprint density at radius 2 is 1.94 bits per heavy atom. The van der Waals surface area contributed by atoms with Crippen molar-refractivity contribution in [1.82, 2.24) is 9.97 Å². The van der Waals surface area contributed by atoms with Gasteiger partial charge in [-0.15, -0.1) is 0 Å². The van der Waals surface area contributed by atoms with Gasteiger partial charge in [0.1, 0.15) is 10.6 Å². The first-order chi connectivity index (χ1) is 15.4. The van der Waals surface area contributed by atoms with E-state index >= 15 is 0 Å². The summed E-state index contributed by atoms with van der Waals surface area (Å²) in [6, 6.07) is 11.1. The molecule has 4 rings (SSSR count). The third-order valence-corrected chi connectivity index (χ3v) is 6.18. The van der Waals surface area contributed by atoms with Gasteiger partial charge in [0.25, 0.3) is 0 Å². The average Bonchev–Trinajstić information content (AvgIpc) is 3.55. The lowest BCUT2D eigenvalue weighted by molar-refractivity contribution is -0.117. The standard InChI is InChI=1S/C22H26N4O5S/c1-2-12-30-13-11-23-16-5-8-18(9-6-16)32(28,29)31-17-7-10-19-20(14-17)25-22(24-19)26-21(27)15-3-4-15/h5-10,14-15,23H,2-4,11-13H2,1H3,(H2,24,25,26,27). The summed E-state index contributed by atoms with van der Waals surface area (Å²) in [6.45, 7) is 3.99. The van der Waals surface area contributed by atoms with Crippen LogP contribution in [0, 0.1) is 5.92 Å². The smallest absolute Gasteiger partial charge is 0.339 e. The van der Waals surface area contributed by atoms with Crippen molar-refractivity contribution in [3.63, 3.8) is 0 Å². The zero-order valence-corrected chi connectivity index (χ0v) is 18.6. The molecule has 1 aliphatic rings. The topological polar surface area (TPSA) is 122 Å². The number of ether oxygens (including phenoxy) is 1. The SMILES string of the molecule is CCCOCCNc1ccc(S(=O)(=O)Oc2ccc3[nH]c(NC(=O)C4CC4)nc3c2)cc1. The van der Waals surface area contributed by atoms with E-state index in [1.807, 2.05) is 6.92 Å². The Morgan fingerprint density at radius 3 is 2.66 bits per heavy atom. The number of anilines is 2. The molecule has 10 heteroatoms. The molecule has 1 saturated carbocycles. The lowest BCUT2D eigenvalue weighted by Gasteiger charge is -2.09. The fourth-order valence-electron chi connectivity index (χ4n) is 3.09. The van der Waals surface area contributed by atoms with E-state index in [9.17, 15) is 13.2 Å². The maximum absolute atomic E-state index is 12.7. The fourth-order valence-corrected chi connectivity index (χ4v) is 4.01. The largest absolute Gasteiger partial charge is 0.383 e. The number of benzene rings is 2. The third kappa shape index (κ3) is 5.57. The molecule has 0 bridgehead atoms. The van der Waals surface area contributed by atoms with Crippen molar-refractivity contribution in [3.05, 3.63) is 42.5 Å². The van der Waals surface area contributed by atoms with E-state index in [2.05, 4.69) is 20.6 Å². The molecular formula is C22H26N4O5S. The van der Waals surface area contributed by atoms with Gasteiger partial charge >= 0.3 is 10.1 Å². The van der Waals surface area contributed by atoms with Crippen LogP contribution in [0.4, 0.5) is 11.6 Å². The first-order valence-electron chi connectivity index (χ1n) is 10.6. The van der Waals surface area contributed by atoms with Gasteiger partial charge in [-0.25, -0.2) is 4.98 Å². The summed E-state index contributed by atoms with van der Waals surface area (Å²) in [4.78, 5) is 19.3. The zero-order valence-electron chi connectivity index (χ0n) is 17.8. The lowest BCUT2D eigenvalue weighted by Crippen LogP contribution is -2.14. The van der Waals surface area contributed by atoms with E-state index in [0.29, 0.717) is 30.1 Å². The van der Waals surface area contributed by atoms with Crippen LogP contribution in [-0.4, -0.2) is 44.1 Å². The van der Waals surface area contributed by atoms with E-state index in [1.54, 1.807) is 18.2 Å². The molecule has 9 nitrogen and oxygen atoms in total. The molecule has 1 fully saturated rings. The molecular weight excluding hydrogens is 432 g/mol. The van der Waals surface area contributed by atoms with Gasteiger partial charge in [0.15, 0.2) is 0 Å². The van der Waals surface area contributed by atoms with Crippen LogP contribution in [0.3, 0.4) is 0 Å². The third-order valence-electron chi connectivity index (χ3n) is 4.92. The molecule has 3 N–H and O–H groups in total. The molecule has 2 aromatic carbocycles. The highest BCUT2D eigenvalue weighted by molar-refractivity contribution is 7.87. The highest BCUT2D eigenvalue weighted by Crippen LogP contribution is 2.30. The van der Waals surface area contributed by atoms with Crippen molar-refractivity contribution in [2.45, 2.75) is 31.1 Å². The number of hydrogen-bond acceptors (Lipinski definition) is 7. The molecule has 1 heterocycles. The summed E-state index contributed by atoms with van der Waals surface area (Å²) in [5, 5.41) is 5.91. The van der Waals surface area contributed by atoms with Gasteiger partial charge in [-0.05, 0) is 55.7 Å². The van der Waals surface area contributed by atoms with Gasteiger partial charge in [-0.2, -0.15) is 8.42 Å². The second kappa shape index (κ2) is 9.58. The number of carbonyl (C=O) groups is 1. The molecule has 0 unspecified atom stereocenters. The number of nitrogens with zero attached hydrogens (tertiary/aromatic N) is 1. The van der Waals surface area contributed by atoms with Gasteiger partial charge in [0.05, 0.1) is 17.6 Å². The zero-order chi connectivity index (χ0) is 22.6. The van der Waals surface area contributed by atoms with Crippen LogP contribution in [0.15, 0.2) is 47.4 Å². The molecule has 0 aliphatic heterocycles. The van der Waals surface area contributed by atoms with Crippen LogP contribution < -0.4 is 14.8 Å². The first-order valence-corrected chi connectivity index (χ1v) is 12.0. The number of hydrogen-bond donors (Lipinski definition) is 3. The Kier molecular flexibility index (Phi) is 6.61. The molecule has 1 amide bonds. The number of fused-ring (bicyclic) bond motifs is 1. The molecule has 3 aromatic rings. The molecule has 0 spiro atoms. The molecule has 32 heavy (non-hydrogen) atoms. The predicted molar refractivity (Wildman–Crippen MR) is 121 cm³/mol. The summed E-state index contributed by atoms with van der Waals surface area (Å²) < 4.78 is 36.0. The molecule has 0 radical (unpaired) electrons. The Bertz CT molecular complexity index is 1190. The molecule has 1 aromatic heterocycles. The fraction of sp³-hybridized carbons (Fsp3) is 0.364. The van der Waals surface area contributed by atoms with Crippen molar-refractivity contribution >= 4 is 38.7 Å². The Labute approximate surface area is 186 Å². The quantitative estimate of drug-likeness (QED) is 0.297. The van der Waals surface area contributed by atoms with Crippen molar-refractivity contribution in [3.8, 4) is 5.75 Å². The summed E-state index contributed by atoms with van der Waals surface area (Å²) in [7, 11) is -4.01. The van der Waals surface area contributed by atoms with Crippen LogP contribution in [0.25, 0.3) is 11.0 Å². The summed E-state index contributed by atoms with van der Waals surface area (Å²) in [5.41, 5.74) is 1.95.